The van der Waals surface area contributed by atoms with Crippen molar-refractivity contribution in [3.05, 3.63) is 29.8 Å². The van der Waals surface area contributed by atoms with Crippen LogP contribution in [0.15, 0.2) is 24.3 Å². The van der Waals surface area contributed by atoms with Crippen LogP contribution in [0.1, 0.15) is 24.9 Å². The van der Waals surface area contributed by atoms with Gasteiger partial charge < -0.3 is 19.3 Å². The first kappa shape index (κ1) is 17.3. The molecule has 0 aliphatic carbocycles. The van der Waals surface area contributed by atoms with E-state index in [0.717, 1.165) is 11.3 Å². The second kappa shape index (κ2) is 7.97. The molecule has 1 heterocycles. The van der Waals surface area contributed by atoms with Gasteiger partial charge in [0.05, 0.1) is 26.2 Å². The summed E-state index contributed by atoms with van der Waals surface area (Å²) >= 11 is 0. The molecule has 23 heavy (non-hydrogen) atoms. The summed E-state index contributed by atoms with van der Waals surface area (Å²) in [6.45, 7) is 3.51. The Labute approximate surface area is 137 Å². The van der Waals surface area contributed by atoms with Gasteiger partial charge in [-0.2, -0.15) is 0 Å². The SMILES string of the molecule is COCCC(=O)N1CCN(C(C)=O)CC1c1ccccc1OC. The molecule has 1 atom stereocenters. The smallest absolute Gasteiger partial charge is 0.225 e. The normalized spacial score (nSPS) is 18.0. The summed E-state index contributed by atoms with van der Waals surface area (Å²) in [7, 11) is 3.19. The molecule has 0 N–H and O–H groups in total. The number of amides is 2. The van der Waals surface area contributed by atoms with Crippen LogP contribution in [-0.4, -0.2) is 62.1 Å². The van der Waals surface area contributed by atoms with Crippen LogP contribution in [0.25, 0.3) is 0 Å². The summed E-state index contributed by atoms with van der Waals surface area (Å²) in [5.74, 6) is 0.785. The molecule has 1 aliphatic heterocycles. The van der Waals surface area contributed by atoms with Gasteiger partial charge in [-0.05, 0) is 6.07 Å². The highest BCUT2D eigenvalue weighted by Gasteiger charge is 2.33. The highest BCUT2D eigenvalue weighted by atomic mass is 16.5. The molecule has 2 rings (SSSR count). The zero-order valence-electron chi connectivity index (χ0n) is 13.9. The van der Waals surface area contributed by atoms with Gasteiger partial charge in [-0.3, -0.25) is 9.59 Å². The zero-order chi connectivity index (χ0) is 16.8. The maximum atomic E-state index is 12.5. The quantitative estimate of drug-likeness (QED) is 0.824. The Hall–Kier alpha value is -2.08. The molecule has 6 nitrogen and oxygen atoms in total. The molecular formula is C17H24N2O4. The highest BCUT2D eigenvalue weighted by Crippen LogP contribution is 2.32. The van der Waals surface area contributed by atoms with Gasteiger partial charge >= 0.3 is 0 Å². The van der Waals surface area contributed by atoms with E-state index in [0.29, 0.717) is 32.7 Å². The highest BCUT2D eigenvalue weighted by molar-refractivity contribution is 5.78. The Morgan fingerprint density at radius 1 is 1.22 bits per heavy atom. The second-order valence-electron chi connectivity index (χ2n) is 5.55. The van der Waals surface area contributed by atoms with Gasteiger partial charge in [0.25, 0.3) is 0 Å². The van der Waals surface area contributed by atoms with Crippen LogP contribution in [0.2, 0.25) is 0 Å². The van der Waals surface area contributed by atoms with Gasteiger partial charge in [-0.15, -0.1) is 0 Å². The van der Waals surface area contributed by atoms with E-state index in [4.69, 9.17) is 9.47 Å². The van der Waals surface area contributed by atoms with Gasteiger partial charge in [0.1, 0.15) is 5.75 Å². The lowest BCUT2D eigenvalue weighted by atomic mass is 10.0. The summed E-state index contributed by atoms with van der Waals surface area (Å²) < 4.78 is 10.4. The third-order valence-electron chi connectivity index (χ3n) is 4.16. The van der Waals surface area contributed by atoms with Crippen LogP contribution in [0.5, 0.6) is 5.75 Å². The minimum absolute atomic E-state index is 0.0221. The molecule has 1 aliphatic rings. The van der Waals surface area contributed by atoms with Crippen LogP contribution < -0.4 is 4.74 Å². The number of benzene rings is 1. The third kappa shape index (κ3) is 4.01. The predicted octanol–water partition coefficient (Wildman–Crippen LogP) is 1.46. The van der Waals surface area contributed by atoms with E-state index >= 15 is 0 Å². The van der Waals surface area contributed by atoms with Gasteiger partial charge in [-0.25, -0.2) is 0 Å². The number of methoxy groups -OCH3 is 2. The fraction of sp³-hybridized carbons (Fsp3) is 0.529. The molecule has 1 fully saturated rings. The number of piperazine rings is 1. The van der Waals surface area contributed by atoms with Crippen molar-refractivity contribution in [3.8, 4) is 5.75 Å². The fourth-order valence-corrected chi connectivity index (χ4v) is 2.91. The number of ether oxygens (including phenoxy) is 2. The molecule has 1 aromatic carbocycles. The summed E-state index contributed by atoms with van der Waals surface area (Å²) in [6.07, 6.45) is 0.336. The van der Waals surface area contributed by atoms with Crippen LogP contribution in [0.3, 0.4) is 0 Å². The molecule has 1 unspecified atom stereocenters. The summed E-state index contributed by atoms with van der Waals surface area (Å²) in [6, 6.07) is 7.44. The Balaban J connectivity index is 2.29. The van der Waals surface area contributed by atoms with Gasteiger partial charge in [0.15, 0.2) is 0 Å². The number of hydrogen-bond donors (Lipinski definition) is 0. The van der Waals surface area contributed by atoms with Crippen LogP contribution in [-0.2, 0) is 14.3 Å². The van der Waals surface area contributed by atoms with Crippen molar-refractivity contribution in [2.75, 3.05) is 40.5 Å². The van der Waals surface area contributed by atoms with Crippen LogP contribution in [0, 0.1) is 0 Å². The Morgan fingerprint density at radius 2 is 1.96 bits per heavy atom. The number of hydrogen-bond acceptors (Lipinski definition) is 4. The Morgan fingerprint density at radius 3 is 2.61 bits per heavy atom. The van der Waals surface area contributed by atoms with Crippen molar-refractivity contribution in [2.45, 2.75) is 19.4 Å². The molecule has 0 radical (unpaired) electrons. The van der Waals surface area contributed by atoms with Crippen molar-refractivity contribution in [3.63, 3.8) is 0 Å². The third-order valence-corrected chi connectivity index (χ3v) is 4.16. The van der Waals surface area contributed by atoms with E-state index in [1.54, 1.807) is 26.0 Å². The molecular weight excluding hydrogens is 296 g/mol. The van der Waals surface area contributed by atoms with E-state index < -0.39 is 0 Å². The van der Waals surface area contributed by atoms with Crippen molar-refractivity contribution in [1.82, 2.24) is 9.80 Å². The van der Waals surface area contributed by atoms with E-state index in [2.05, 4.69) is 0 Å². The van der Waals surface area contributed by atoms with E-state index in [1.165, 1.54) is 0 Å². The molecule has 1 aromatic rings. The van der Waals surface area contributed by atoms with Crippen molar-refractivity contribution < 1.29 is 19.1 Å². The number of rotatable bonds is 5. The number of nitrogens with zero attached hydrogens (tertiary/aromatic N) is 2. The summed E-state index contributed by atoms with van der Waals surface area (Å²) in [5.41, 5.74) is 0.923. The second-order valence-corrected chi connectivity index (χ2v) is 5.55. The lowest BCUT2D eigenvalue weighted by Crippen LogP contribution is -2.52. The molecule has 2 amide bonds. The van der Waals surface area contributed by atoms with E-state index in [-0.39, 0.29) is 17.9 Å². The van der Waals surface area contributed by atoms with Crippen LogP contribution in [0.4, 0.5) is 0 Å². The minimum atomic E-state index is -0.201. The average molecular weight is 320 g/mol. The number of carbonyl (C=O) groups is 2. The Bertz CT molecular complexity index is 561. The lowest BCUT2D eigenvalue weighted by Gasteiger charge is -2.41. The molecule has 1 saturated heterocycles. The molecule has 6 heteroatoms. The first-order valence-electron chi connectivity index (χ1n) is 7.75. The maximum absolute atomic E-state index is 12.5. The molecule has 126 valence electrons. The zero-order valence-corrected chi connectivity index (χ0v) is 13.9. The molecule has 0 bridgehead atoms. The number of carbonyl (C=O) groups excluding carboxylic acids is 2. The largest absolute Gasteiger partial charge is 0.496 e. The molecule has 0 aromatic heterocycles. The predicted molar refractivity (Wildman–Crippen MR) is 86.2 cm³/mol. The monoisotopic (exact) mass is 320 g/mol. The van der Waals surface area contributed by atoms with Gasteiger partial charge in [0.2, 0.25) is 11.8 Å². The standard InChI is InChI=1S/C17H24N2O4/c1-13(20)18-9-10-19(17(21)8-11-22-2)15(12-18)14-6-4-5-7-16(14)23-3/h4-7,15H,8-12H2,1-3H3. The van der Waals surface area contributed by atoms with Gasteiger partial charge in [-0.1, -0.05) is 18.2 Å². The number of para-hydroxylation sites is 1. The van der Waals surface area contributed by atoms with Gasteiger partial charge in [0, 0.05) is 39.2 Å². The lowest BCUT2D eigenvalue weighted by molar-refractivity contribution is -0.142. The first-order valence-corrected chi connectivity index (χ1v) is 7.75. The van der Waals surface area contributed by atoms with Crippen LogP contribution >= 0.6 is 0 Å². The molecule has 0 spiro atoms. The Kier molecular flexibility index (Phi) is 5.98. The molecule has 0 saturated carbocycles. The van der Waals surface area contributed by atoms with E-state index in [1.807, 2.05) is 29.2 Å². The fourth-order valence-electron chi connectivity index (χ4n) is 2.91. The summed E-state index contributed by atoms with van der Waals surface area (Å²) in [4.78, 5) is 27.9. The summed E-state index contributed by atoms with van der Waals surface area (Å²) in [5, 5.41) is 0. The van der Waals surface area contributed by atoms with Crippen molar-refractivity contribution in [2.24, 2.45) is 0 Å². The van der Waals surface area contributed by atoms with Crippen molar-refractivity contribution >= 4 is 11.8 Å². The minimum Gasteiger partial charge on any atom is -0.496 e. The van der Waals surface area contributed by atoms with Crippen molar-refractivity contribution in [1.29, 1.82) is 0 Å². The topological polar surface area (TPSA) is 59.1 Å². The maximum Gasteiger partial charge on any atom is 0.225 e. The first-order chi connectivity index (χ1) is 11.1. The van der Waals surface area contributed by atoms with E-state index in [9.17, 15) is 9.59 Å². The average Bonchev–Trinajstić information content (AvgIpc) is 2.58.